The molecule has 0 bridgehead atoms. The zero-order valence-electron chi connectivity index (χ0n) is 6.50. The van der Waals surface area contributed by atoms with Gasteiger partial charge in [0.2, 0.25) is 0 Å². The van der Waals surface area contributed by atoms with Gasteiger partial charge in [0, 0.05) is 13.5 Å². The molecule has 0 spiro atoms. The Balaban J connectivity index is 3.04. The first kappa shape index (κ1) is 9.59. The van der Waals surface area contributed by atoms with Gasteiger partial charge in [0.1, 0.15) is 6.29 Å². The van der Waals surface area contributed by atoms with Gasteiger partial charge in [-0.15, -0.1) is 0 Å². The van der Waals surface area contributed by atoms with Crippen LogP contribution in [-0.4, -0.2) is 32.7 Å². The average Bonchev–Trinajstić information content (AvgIpc) is 1.89. The van der Waals surface area contributed by atoms with E-state index in [0.29, 0.717) is 19.6 Å². The first-order chi connectivity index (χ1) is 4.81. The standard InChI is InChI=1S/C7H14O3/c1-7(6-9-2)10-5-3-4-8/h4,7H,3,5-6H2,1-2H3. The van der Waals surface area contributed by atoms with Crippen LogP contribution in [0, 0.1) is 0 Å². The monoisotopic (exact) mass is 146 g/mol. The van der Waals surface area contributed by atoms with Gasteiger partial charge in [-0.2, -0.15) is 0 Å². The number of methoxy groups -OCH3 is 1. The van der Waals surface area contributed by atoms with Crippen LogP contribution in [0.2, 0.25) is 0 Å². The third-order valence-electron chi connectivity index (χ3n) is 1.04. The summed E-state index contributed by atoms with van der Waals surface area (Å²) in [5.74, 6) is 0. The van der Waals surface area contributed by atoms with E-state index in [9.17, 15) is 4.79 Å². The van der Waals surface area contributed by atoms with Crippen molar-refractivity contribution in [2.75, 3.05) is 20.3 Å². The number of carbonyl (C=O) groups is 1. The van der Waals surface area contributed by atoms with Crippen LogP contribution in [0.5, 0.6) is 0 Å². The van der Waals surface area contributed by atoms with Crippen LogP contribution in [-0.2, 0) is 14.3 Å². The second-order valence-electron chi connectivity index (χ2n) is 2.09. The summed E-state index contributed by atoms with van der Waals surface area (Å²) in [6, 6.07) is 0. The molecule has 0 radical (unpaired) electrons. The van der Waals surface area contributed by atoms with Crippen molar-refractivity contribution in [1.82, 2.24) is 0 Å². The maximum Gasteiger partial charge on any atom is 0.122 e. The second-order valence-corrected chi connectivity index (χ2v) is 2.09. The predicted octanol–water partition coefficient (Wildman–Crippen LogP) is 0.627. The molecule has 1 unspecified atom stereocenters. The third-order valence-corrected chi connectivity index (χ3v) is 1.04. The fourth-order valence-corrected chi connectivity index (χ4v) is 0.600. The molecule has 0 rings (SSSR count). The van der Waals surface area contributed by atoms with E-state index in [-0.39, 0.29) is 6.10 Å². The van der Waals surface area contributed by atoms with E-state index in [2.05, 4.69) is 0 Å². The van der Waals surface area contributed by atoms with E-state index in [4.69, 9.17) is 9.47 Å². The molecular weight excluding hydrogens is 132 g/mol. The van der Waals surface area contributed by atoms with Crippen molar-refractivity contribution in [1.29, 1.82) is 0 Å². The summed E-state index contributed by atoms with van der Waals surface area (Å²) in [7, 11) is 1.62. The van der Waals surface area contributed by atoms with E-state index in [1.54, 1.807) is 7.11 Å². The predicted molar refractivity (Wildman–Crippen MR) is 38.0 cm³/mol. The minimum atomic E-state index is 0.0879. The molecule has 0 saturated heterocycles. The van der Waals surface area contributed by atoms with Crippen LogP contribution in [0.15, 0.2) is 0 Å². The van der Waals surface area contributed by atoms with Crippen molar-refractivity contribution in [3.63, 3.8) is 0 Å². The smallest absolute Gasteiger partial charge is 0.122 e. The second kappa shape index (κ2) is 6.71. The average molecular weight is 146 g/mol. The van der Waals surface area contributed by atoms with Gasteiger partial charge in [-0.3, -0.25) is 0 Å². The van der Waals surface area contributed by atoms with Crippen LogP contribution in [0.4, 0.5) is 0 Å². The van der Waals surface area contributed by atoms with E-state index in [1.165, 1.54) is 0 Å². The SMILES string of the molecule is COCC(C)OCCC=O. The van der Waals surface area contributed by atoms with Crippen molar-refractivity contribution < 1.29 is 14.3 Å². The molecule has 0 N–H and O–H groups in total. The maximum atomic E-state index is 9.83. The number of aldehydes is 1. The van der Waals surface area contributed by atoms with Crippen LogP contribution < -0.4 is 0 Å². The Morgan fingerprint density at radius 2 is 2.30 bits per heavy atom. The maximum absolute atomic E-state index is 9.83. The molecule has 0 aromatic carbocycles. The van der Waals surface area contributed by atoms with Crippen molar-refractivity contribution in [2.45, 2.75) is 19.4 Å². The van der Waals surface area contributed by atoms with Gasteiger partial charge >= 0.3 is 0 Å². The summed E-state index contributed by atoms with van der Waals surface area (Å²) < 4.78 is 9.99. The summed E-state index contributed by atoms with van der Waals surface area (Å²) in [5.41, 5.74) is 0. The molecule has 10 heavy (non-hydrogen) atoms. The zero-order chi connectivity index (χ0) is 7.82. The van der Waals surface area contributed by atoms with E-state index < -0.39 is 0 Å². The molecule has 60 valence electrons. The minimum Gasteiger partial charge on any atom is -0.382 e. The Hall–Kier alpha value is -0.410. The normalized spacial score (nSPS) is 13.0. The number of carbonyl (C=O) groups excluding carboxylic acids is 1. The van der Waals surface area contributed by atoms with Gasteiger partial charge in [0.15, 0.2) is 0 Å². The molecule has 0 fully saturated rings. The lowest BCUT2D eigenvalue weighted by atomic mass is 10.4. The largest absolute Gasteiger partial charge is 0.382 e. The molecular formula is C7H14O3. The molecule has 0 aromatic rings. The van der Waals surface area contributed by atoms with Crippen molar-refractivity contribution in [3.05, 3.63) is 0 Å². The lowest BCUT2D eigenvalue weighted by molar-refractivity contribution is -0.109. The molecule has 0 saturated carbocycles. The highest BCUT2D eigenvalue weighted by atomic mass is 16.5. The quantitative estimate of drug-likeness (QED) is 0.407. The van der Waals surface area contributed by atoms with E-state index >= 15 is 0 Å². The molecule has 3 nitrogen and oxygen atoms in total. The molecule has 1 atom stereocenters. The Morgan fingerprint density at radius 1 is 1.60 bits per heavy atom. The summed E-state index contributed by atoms with van der Waals surface area (Å²) in [5, 5.41) is 0. The first-order valence-corrected chi connectivity index (χ1v) is 3.35. The highest BCUT2D eigenvalue weighted by Gasteiger charge is 1.98. The fraction of sp³-hybridized carbons (Fsp3) is 0.857. The summed E-state index contributed by atoms with van der Waals surface area (Å²) >= 11 is 0. The van der Waals surface area contributed by atoms with E-state index in [1.807, 2.05) is 6.92 Å². The fourth-order valence-electron chi connectivity index (χ4n) is 0.600. The van der Waals surface area contributed by atoms with Gasteiger partial charge in [0.05, 0.1) is 19.3 Å². The van der Waals surface area contributed by atoms with Crippen LogP contribution in [0.3, 0.4) is 0 Å². The minimum absolute atomic E-state index is 0.0879. The molecule has 0 aliphatic carbocycles. The third kappa shape index (κ3) is 5.72. The van der Waals surface area contributed by atoms with E-state index in [0.717, 1.165) is 6.29 Å². The van der Waals surface area contributed by atoms with Crippen LogP contribution in [0.1, 0.15) is 13.3 Å². The Kier molecular flexibility index (Phi) is 6.43. The molecule has 3 heteroatoms. The number of ether oxygens (including phenoxy) is 2. The Bertz CT molecular complexity index is 82.9. The van der Waals surface area contributed by atoms with Crippen LogP contribution in [0.25, 0.3) is 0 Å². The van der Waals surface area contributed by atoms with Gasteiger partial charge in [-0.25, -0.2) is 0 Å². The topological polar surface area (TPSA) is 35.5 Å². The summed E-state index contributed by atoms with van der Waals surface area (Å²) in [6.07, 6.45) is 1.40. The van der Waals surface area contributed by atoms with Crippen molar-refractivity contribution in [2.24, 2.45) is 0 Å². The van der Waals surface area contributed by atoms with Gasteiger partial charge < -0.3 is 14.3 Å². The lowest BCUT2D eigenvalue weighted by Gasteiger charge is -2.09. The number of hydrogen-bond donors (Lipinski definition) is 0. The highest BCUT2D eigenvalue weighted by molar-refractivity contribution is 5.49. The summed E-state index contributed by atoms with van der Waals surface area (Å²) in [4.78, 5) is 9.83. The highest BCUT2D eigenvalue weighted by Crippen LogP contribution is 1.90. The van der Waals surface area contributed by atoms with Crippen molar-refractivity contribution >= 4 is 6.29 Å². The number of rotatable bonds is 6. The van der Waals surface area contributed by atoms with Crippen molar-refractivity contribution in [3.8, 4) is 0 Å². The Labute approximate surface area is 61.3 Å². The van der Waals surface area contributed by atoms with Gasteiger partial charge in [0.25, 0.3) is 0 Å². The molecule has 0 aromatic heterocycles. The number of hydrogen-bond acceptors (Lipinski definition) is 3. The Morgan fingerprint density at radius 3 is 2.80 bits per heavy atom. The van der Waals surface area contributed by atoms with Crippen LogP contribution >= 0.6 is 0 Å². The molecule has 0 aliphatic heterocycles. The van der Waals surface area contributed by atoms with Gasteiger partial charge in [-0.05, 0) is 6.92 Å². The lowest BCUT2D eigenvalue weighted by Crippen LogP contribution is -2.15. The molecule has 0 aliphatic rings. The molecule has 0 amide bonds. The van der Waals surface area contributed by atoms with Gasteiger partial charge in [-0.1, -0.05) is 0 Å². The first-order valence-electron chi connectivity index (χ1n) is 3.35. The zero-order valence-corrected chi connectivity index (χ0v) is 6.50. The summed E-state index contributed by atoms with van der Waals surface area (Å²) in [6.45, 7) is 2.99. The molecule has 0 heterocycles.